The van der Waals surface area contributed by atoms with Gasteiger partial charge in [0.05, 0.1) is 22.9 Å². The van der Waals surface area contributed by atoms with Gasteiger partial charge in [-0.2, -0.15) is 18.3 Å². The van der Waals surface area contributed by atoms with Gasteiger partial charge in [-0.3, -0.25) is 10.5 Å². The molecule has 4 rings (SSSR count). The molecule has 1 aliphatic rings. The van der Waals surface area contributed by atoms with E-state index < -0.39 is 11.9 Å². The second-order valence-electron chi connectivity index (χ2n) is 5.66. The number of hydrogen-bond donors (Lipinski definition) is 3. The first-order chi connectivity index (χ1) is 11.4. The zero-order valence-electron chi connectivity index (χ0n) is 12.3. The number of pyridine rings is 1. The highest BCUT2D eigenvalue weighted by atomic mass is 19.4. The summed E-state index contributed by atoms with van der Waals surface area (Å²) < 4.78 is 38.8. The average Bonchev–Trinajstić information content (AvgIpc) is 2.95. The summed E-state index contributed by atoms with van der Waals surface area (Å²) in [6, 6.07) is 3.52. The van der Waals surface area contributed by atoms with Crippen LogP contribution in [-0.2, 0) is 12.8 Å². The molecule has 0 aliphatic heterocycles. The van der Waals surface area contributed by atoms with Gasteiger partial charge in [0.1, 0.15) is 5.71 Å². The van der Waals surface area contributed by atoms with Crippen molar-refractivity contribution in [2.45, 2.75) is 19.0 Å². The van der Waals surface area contributed by atoms with Gasteiger partial charge in [-0.15, -0.1) is 0 Å². The van der Waals surface area contributed by atoms with Crippen LogP contribution in [0.4, 0.5) is 13.2 Å². The summed E-state index contributed by atoms with van der Waals surface area (Å²) in [7, 11) is 0. The van der Waals surface area contributed by atoms with Gasteiger partial charge >= 0.3 is 6.18 Å². The maximum absolute atomic E-state index is 12.9. The Morgan fingerprint density at radius 1 is 1.25 bits per heavy atom. The number of alkyl halides is 3. The Kier molecular flexibility index (Phi) is 2.93. The van der Waals surface area contributed by atoms with E-state index in [9.17, 15) is 13.2 Å². The Labute approximate surface area is 133 Å². The average molecular weight is 331 g/mol. The van der Waals surface area contributed by atoms with Crippen LogP contribution in [0.25, 0.3) is 27.4 Å². The predicted octanol–water partition coefficient (Wildman–Crippen LogP) is 3.09. The number of aromatic amines is 1. The molecule has 24 heavy (non-hydrogen) atoms. The first-order valence-electron chi connectivity index (χ1n) is 7.27. The number of halogens is 3. The number of H-pyrrole nitrogens is 1. The topological polar surface area (TPSA) is 91.4 Å². The Morgan fingerprint density at radius 2 is 2.00 bits per heavy atom. The number of aromatic nitrogens is 3. The molecule has 122 valence electrons. The van der Waals surface area contributed by atoms with Crippen molar-refractivity contribution in [2.75, 3.05) is 0 Å². The zero-order valence-corrected chi connectivity index (χ0v) is 12.3. The quantitative estimate of drug-likeness (QED) is 0.630. The van der Waals surface area contributed by atoms with E-state index in [0.29, 0.717) is 11.9 Å². The van der Waals surface area contributed by atoms with Gasteiger partial charge in [0, 0.05) is 22.5 Å². The standard InChI is InChI=1S/C16H12F3N5/c17-16(18,19)15(21)9(5-20)14-8-2-1-7(8)13-10-6-22-24-11(10)3-4-12(13)23-14/h3-6,21H,1-2,20H2,(H,22,24)/b9-5-,21-15?. The third-order valence-electron chi connectivity index (χ3n) is 4.39. The summed E-state index contributed by atoms with van der Waals surface area (Å²) in [5.41, 5.74) is 6.80. The molecule has 0 amide bonds. The fourth-order valence-electron chi connectivity index (χ4n) is 3.17. The number of benzene rings is 1. The predicted molar refractivity (Wildman–Crippen MR) is 84.7 cm³/mol. The highest BCUT2D eigenvalue weighted by molar-refractivity contribution is 6.25. The summed E-state index contributed by atoms with van der Waals surface area (Å²) in [5, 5.41) is 16.1. The molecule has 0 saturated carbocycles. The Balaban J connectivity index is 2.00. The Hall–Kier alpha value is -2.90. The SMILES string of the molecule is N=C(/C(=C\N)c1nc2ccc3[nH]ncc3c2c2c1CC2)C(F)(F)F. The second kappa shape index (κ2) is 4.80. The molecule has 3 aromatic rings. The summed E-state index contributed by atoms with van der Waals surface area (Å²) in [6.45, 7) is 0. The van der Waals surface area contributed by atoms with Crippen molar-refractivity contribution >= 4 is 33.1 Å². The molecule has 0 saturated heterocycles. The van der Waals surface area contributed by atoms with E-state index in [4.69, 9.17) is 11.1 Å². The van der Waals surface area contributed by atoms with Crippen molar-refractivity contribution in [3.05, 3.63) is 41.4 Å². The lowest BCUT2D eigenvalue weighted by Gasteiger charge is -2.26. The van der Waals surface area contributed by atoms with Crippen molar-refractivity contribution in [3.8, 4) is 0 Å². The number of nitrogens with zero attached hydrogens (tertiary/aromatic N) is 2. The molecule has 0 fully saturated rings. The molecular weight excluding hydrogens is 319 g/mol. The maximum Gasteiger partial charge on any atom is 0.433 e. The summed E-state index contributed by atoms with van der Waals surface area (Å²) >= 11 is 0. The van der Waals surface area contributed by atoms with Crippen LogP contribution >= 0.6 is 0 Å². The number of allylic oxidation sites excluding steroid dienone is 1. The van der Waals surface area contributed by atoms with Crippen LogP contribution in [0.15, 0.2) is 24.5 Å². The second-order valence-corrected chi connectivity index (χ2v) is 5.66. The molecule has 2 aromatic heterocycles. The lowest BCUT2D eigenvalue weighted by Crippen LogP contribution is -2.26. The largest absolute Gasteiger partial charge is 0.433 e. The Morgan fingerprint density at radius 3 is 2.62 bits per heavy atom. The van der Waals surface area contributed by atoms with E-state index in [1.807, 2.05) is 0 Å². The lowest BCUT2D eigenvalue weighted by atomic mass is 9.81. The van der Waals surface area contributed by atoms with Crippen LogP contribution in [0.2, 0.25) is 0 Å². The van der Waals surface area contributed by atoms with Crippen molar-refractivity contribution < 1.29 is 13.2 Å². The molecule has 1 aliphatic carbocycles. The van der Waals surface area contributed by atoms with Crippen LogP contribution in [0, 0.1) is 5.41 Å². The minimum absolute atomic E-state index is 0.149. The van der Waals surface area contributed by atoms with Gasteiger partial charge in [0.2, 0.25) is 0 Å². The highest BCUT2D eigenvalue weighted by Crippen LogP contribution is 2.39. The van der Waals surface area contributed by atoms with Gasteiger partial charge in [-0.1, -0.05) is 0 Å². The maximum atomic E-state index is 12.9. The fourth-order valence-corrected chi connectivity index (χ4v) is 3.17. The van der Waals surface area contributed by atoms with Gasteiger partial charge in [0.25, 0.3) is 0 Å². The van der Waals surface area contributed by atoms with E-state index in [-0.39, 0.29) is 11.3 Å². The number of hydrogen-bond acceptors (Lipinski definition) is 4. The van der Waals surface area contributed by atoms with Crippen LogP contribution in [0.1, 0.15) is 16.8 Å². The number of rotatable bonds is 2. The first-order valence-corrected chi connectivity index (χ1v) is 7.27. The molecule has 5 nitrogen and oxygen atoms in total. The molecule has 0 spiro atoms. The third-order valence-corrected chi connectivity index (χ3v) is 4.39. The number of nitrogens with one attached hydrogen (secondary N) is 2. The van der Waals surface area contributed by atoms with E-state index in [1.54, 1.807) is 18.3 Å². The van der Waals surface area contributed by atoms with Crippen LogP contribution in [-0.4, -0.2) is 27.1 Å². The fraction of sp³-hybridized carbons (Fsp3) is 0.188. The molecule has 2 heterocycles. The van der Waals surface area contributed by atoms with Crippen LogP contribution in [0.5, 0.6) is 0 Å². The number of fused-ring (bicyclic) bond motifs is 5. The summed E-state index contributed by atoms with van der Waals surface area (Å²) in [5.74, 6) is 0. The molecular formula is C16H12F3N5. The van der Waals surface area contributed by atoms with E-state index >= 15 is 0 Å². The molecule has 0 unspecified atom stereocenters. The zero-order chi connectivity index (χ0) is 17.1. The van der Waals surface area contributed by atoms with Crippen LogP contribution < -0.4 is 5.73 Å². The smallest absolute Gasteiger partial charge is 0.404 e. The summed E-state index contributed by atoms with van der Waals surface area (Å²) in [4.78, 5) is 4.39. The van der Waals surface area contributed by atoms with Crippen molar-refractivity contribution in [1.82, 2.24) is 15.2 Å². The number of aryl methyl sites for hydroxylation is 1. The highest BCUT2D eigenvalue weighted by Gasteiger charge is 2.39. The van der Waals surface area contributed by atoms with Gasteiger partial charge in [0.15, 0.2) is 0 Å². The molecule has 8 heteroatoms. The van der Waals surface area contributed by atoms with Crippen molar-refractivity contribution in [2.24, 2.45) is 5.73 Å². The van der Waals surface area contributed by atoms with E-state index in [1.165, 1.54) is 0 Å². The van der Waals surface area contributed by atoms with Gasteiger partial charge in [-0.05, 0) is 36.1 Å². The van der Waals surface area contributed by atoms with Crippen molar-refractivity contribution in [3.63, 3.8) is 0 Å². The lowest BCUT2D eigenvalue weighted by molar-refractivity contribution is -0.0578. The molecule has 1 aromatic carbocycles. The normalized spacial score (nSPS) is 14.7. The first kappa shape index (κ1) is 14.7. The molecule has 0 radical (unpaired) electrons. The van der Waals surface area contributed by atoms with E-state index in [2.05, 4.69) is 15.2 Å². The van der Waals surface area contributed by atoms with Gasteiger partial charge < -0.3 is 5.73 Å². The summed E-state index contributed by atoms with van der Waals surface area (Å²) in [6.07, 6.45) is -0.895. The Bertz CT molecular complexity index is 1030. The van der Waals surface area contributed by atoms with E-state index in [0.717, 1.165) is 40.0 Å². The van der Waals surface area contributed by atoms with Crippen LogP contribution in [0.3, 0.4) is 0 Å². The minimum Gasteiger partial charge on any atom is -0.404 e. The monoisotopic (exact) mass is 331 g/mol. The molecule has 4 N–H and O–H groups in total. The molecule has 0 atom stereocenters. The van der Waals surface area contributed by atoms with Gasteiger partial charge in [-0.25, -0.2) is 4.98 Å². The third kappa shape index (κ3) is 1.92. The number of nitrogens with two attached hydrogens (primary N) is 1. The van der Waals surface area contributed by atoms with Crippen molar-refractivity contribution in [1.29, 1.82) is 5.41 Å². The minimum atomic E-state index is -4.77. The molecule has 0 bridgehead atoms.